The first-order valence-corrected chi connectivity index (χ1v) is 15.4. The lowest BCUT2D eigenvalue weighted by Crippen LogP contribution is -2.55. The predicted octanol–water partition coefficient (Wildman–Crippen LogP) is 4.98. The number of carboxylic acid groups (broad SMARTS) is 1. The topological polar surface area (TPSA) is 140 Å². The van der Waals surface area contributed by atoms with Gasteiger partial charge in [-0.1, -0.05) is 32.0 Å². The van der Waals surface area contributed by atoms with E-state index in [1.165, 1.54) is 12.7 Å². The smallest absolute Gasteiger partial charge is 0.335 e. The molecule has 0 saturated carbocycles. The lowest BCUT2D eigenvalue weighted by atomic mass is 9.89. The van der Waals surface area contributed by atoms with Crippen LogP contribution in [0.4, 0.5) is 24.1 Å². The number of urea groups is 2. The lowest BCUT2D eigenvalue weighted by molar-refractivity contribution is -0.133. The Morgan fingerprint density at radius 3 is 2.46 bits per heavy atom. The van der Waals surface area contributed by atoms with Gasteiger partial charge in [0.2, 0.25) is 5.91 Å². The summed E-state index contributed by atoms with van der Waals surface area (Å²) >= 11 is 0. The van der Waals surface area contributed by atoms with E-state index in [0.29, 0.717) is 30.2 Å². The third kappa shape index (κ3) is 8.67. The van der Waals surface area contributed by atoms with Crippen molar-refractivity contribution in [1.29, 1.82) is 0 Å². The highest BCUT2D eigenvalue weighted by Crippen LogP contribution is 2.35. The van der Waals surface area contributed by atoms with E-state index in [-0.39, 0.29) is 36.2 Å². The molecule has 248 valence electrons. The number of anilines is 1. The van der Waals surface area contributed by atoms with E-state index in [0.717, 1.165) is 49.8 Å². The predicted molar refractivity (Wildman–Crippen MR) is 167 cm³/mol. The molecule has 11 nitrogen and oxygen atoms in total. The van der Waals surface area contributed by atoms with Gasteiger partial charge >= 0.3 is 18.0 Å². The molecular formula is C33H41F2N5O6. The monoisotopic (exact) mass is 641 g/mol. The number of carbonyl (C=O) groups excluding carboxylic acids is 3. The SMILES string of the molecule is COCC1=C(C(=O)O)C(c2ccc(F)c(F)c2)N(C(=O)NCCCN2CCC(c3cccc(NC(=O)CC(C)C)c3)CC2)C(=O)N1. The molecule has 0 bridgehead atoms. The number of halogens is 2. The summed E-state index contributed by atoms with van der Waals surface area (Å²) in [7, 11) is 1.31. The number of aliphatic carboxylic acids is 1. The third-order valence-corrected chi connectivity index (χ3v) is 8.08. The zero-order chi connectivity index (χ0) is 33.4. The number of amides is 5. The summed E-state index contributed by atoms with van der Waals surface area (Å²) in [5.41, 5.74) is 1.42. The van der Waals surface area contributed by atoms with Crippen molar-refractivity contribution in [3.05, 3.63) is 76.5 Å². The second kappa shape index (κ2) is 15.8. The number of nitrogens with one attached hydrogen (secondary N) is 3. The summed E-state index contributed by atoms with van der Waals surface area (Å²) in [5.74, 6) is -3.20. The van der Waals surface area contributed by atoms with Crippen LogP contribution in [0.5, 0.6) is 0 Å². The van der Waals surface area contributed by atoms with Gasteiger partial charge in [0, 0.05) is 25.8 Å². The summed E-state index contributed by atoms with van der Waals surface area (Å²) < 4.78 is 32.9. The van der Waals surface area contributed by atoms with Crippen LogP contribution in [0, 0.1) is 17.6 Å². The average Bonchev–Trinajstić information content (AvgIpc) is 3.00. The van der Waals surface area contributed by atoms with Gasteiger partial charge in [0.25, 0.3) is 0 Å². The van der Waals surface area contributed by atoms with Crippen molar-refractivity contribution in [3.8, 4) is 0 Å². The first-order valence-electron chi connectivity index (χ1n) is 15.4. The van der Waals surface area contributed by atoms with E-state index in [2.05, 4.69) is 26.9 Å². The minimum atomic E-state index is -1.52. The molecule has 1 fully saturated rings. The minimum absolute atomic E-state index is 0.00415. The standard InChI is InChI=1S/C33H41F2N5O6/c1-20(2)16-28(41)37-24-7-4-6-22(17-24)21-10-14-39(15-11-21)13-5-12-36-32(44)40-30(23-8-9-25(34)26(35)18-23)29(31(42)43)27(19-46-3)38-33(40)45/h4,6-9,17-18,20-21,30H,5,10-16,19H2,1-3H3,(H,36,44)(H,37,41)(H,38,45)(H,42,43). The van der Waals surface area contributed by atoms with Crippen LogP contribution >= 0.6 is 0 Å². The van der Waals surface area contributed by atoms with E-state index in [9.17, 15) is 33.1 Å². The first-order chi connectivity index (χ1) is 22.0. The number of likely N-dealkylation sites (tertiary alicyclic amines) is 1. The van der Waals surface area contributed by atoms with Gasteiger partial charge in [-0.25, -0.2) is 28.1 Å². The van der Waals surface area contributed by atoms with Gasteiger partial charge in [0.15, 0.2) is 11.6 Å². The van der Waals surface area contributed by atoms with Crippen LogP contribution in [-0.4, -0.2) is 78.7 Å². The van der Waals surface area contributed by atoms with Crippen LogP contribution in [0.15, 0.2) is 53.7 Å². The molecule has 0 spiro atoms. The zero-order valence-electron chi connectivity index (χ0n) is 26.3. The largest absolute Gasteiger partial charge is 0.478 e. The van der Waals surface area contributed by atoms with Gasteiger partial charge in [-0.05, 0) is 86.1 Å². The Kier molecular flexibility index (Phi) is 11.8. The Hall–Kier alpha value is -4.36. The number of carbonyl (C=O) groups is 4. The maximum Gasteiger partial charge on any atom is 0.335 e. The van der Waals surface area contributed by atoms with Crippen molar-refractivity contribution in [2.45, 2.75) is 51.5 Å². The van der Waals surface area contributed by atoms with Crippen LogP contribution in [0.25, 0.3) is 0 Å². The molecule has 5 amide bonds. The van der Waals surface area contributed by atoms with E-state index in [1.807, 2.05) is 32.0 Å². The number of rotatable bonds is 12. The molecular weight excluding hydrogens is 600 g/mol. The third-order valence-electron chi connectivity index (χ3n) is 8.08. The maximum absolute atomic E-state index is 14.2. The molecule has 2 aromatic rings. The zero-order valence-corrected chi connectivity index (χ0v) is 26.3. The van der Waals surface area contributed by atoms with Gasteiger partial charge < -0.3 is 30.7 Å². The number of piperidine rings is 1. The van der Waals surface area contributed by atoms with Crippen LogP contribution in [0.1, 0.15) is 62.6 Å². The fraction of sp³-hybridized carbons (Fsp3) is 0.455. The molecule has 0 aromatic heterocycles. The van der Waals surface area contributed by atoms with Crippen LogP contribution < -0.4 is 16.0 Å². The number of methoxy groups -OCH3 is 1. The summed E-state index contributed by atoms with van der Waals surface area (Å²) in [6, 6.07) is 7.40. The van der Waals surface area contributed by atoms with Crippen molar-refractivity contribution >= 4 is 29.6 Å². The van der Waals surface area contributed by atoms with Crippen LogP contribution in [-0.2, 0) is 14.3 Å². The number of benzene rings is 2. The highest BCUT2D eigenvalue weighted by atomic mass is 19.2. The normalized spacial score (nSPS) is 17.7. The molecule has 0 radical (unpaired) electrons. The second-order valence-electron chi connectivity index (χ2n) is 12.0. The molecule has 1 saturated heterocycles. The van der Waals surface area contributed by atoms with Crippen molar-refractivity contribution in [2.75, 3.05) is 45.2 Å². The molecule has 46 heavy (non-hydrogen) atoms. The van der Waals surface area contributed by atoms with Gasteiger partial charge in [0.05, 0.1) is 17.9 Å². The number of carboxylic acids is 1. The second-order valence-corrected chi connectivity index (χ2v) is 12.0. The maximum atomic E-state index is 14.2. The van der Waals surface area contributed by atoms with Crippen molar-refractivity contribution < 1.29 is 37.8 Å². The quantitative estimate of drug-likeness (QED) is 0.240. The van der Waals surface area contributed by atoms with Gasteiger partial charge in [0.1, 0.15) is 6.04 Å². The average molecular weight is 642 g/mol. The Bertz CT molecular complexity index is 1470. The van der Waals surface area contributed by atoms with E-state index in [4.69, 9.17) is 4.74 Å². The van der Waals surface area contributed by atoms with E-state index < -0.39 is 41.3 Å². The van der Waals surface area contributed by atoms with Crippen LogP contribution in [0.2, 0.25) is 0 Å². The molecule has 1 atom stereocenters. The molecule has 4 N–H and O–H groups in total. The summed E-state index contributed by atoms with van der Waals surface area (Å²) in [4.78, 5) is 53.7. The first kappa shape index (κ1) is 34.5. The summed E-state index contributed by atoms with van der Waals surface area (Å²) in [6.07, 6.45) is 2.91. The molecule has 2 aliphatic rings. The van der Waals surface area contributed by atoms with Crippen molar-refractivity contribution in [3.63, 3.8) is 0 Å². The molecule has 2 aromatic carbocycles. The molecule has 2 heterocycles. The minimum Gasteiger partial charge on any atom is -0.478 e. The van der Waals surface area contributed by atoms with Gasteiger partial charge in [-0.15, -0.1) is 0 Å². The summed E-state index contributed by atoms with van der Waals surface area (Å²) in [6.45, 7) is 6.33. The van der Waals surface area contributed by atoms with Crippen LogP contribution in [0.3, 0.4) is 0 Å². The highest BCUT2D eigenvalue weighted by molar-refractivity contribution is 6.01. The van der Waals surface area contributed by atoms with Crippen molar-refractivity contribution in [1.82, 2.24) is 20.4 Å². The number of hydrogen-bond donors (Lipinski definition) is 4. The molecule has 2 aliphatic heterocycles. The van der Waals surface area contributed by atoms with Gasteiger partial charge in [-0.2, -0.15) is 0 Å². The molecule has 13 heteroatoms. The highest BCUT2D eigenvalue weighted by Gasteiger charge is 2.42. The Balaban J connectivity index is 1.33. The lowest BCUT2D eigenvalue weighted by Gasteiger charge is -2.36. The number of ether oxygens (including phenoxy) is 1. The molecule has 4 rings (SSSR count). The Labute approximate surface area is 267 Å². The Morgan fingerprint density at radius 1 is 1.07 bits per heavy atom. The summed E-state index contributed by atoms with van der Waals surface area (Å²) in [5, 5.41) is 18.0. The Morgan fingerprint density at radius 2 is 1.80 bits per heavy atom. The molecule has 1 unspecified atom stereocenters. The number of nitrogens with zero attached hydrogens (tertiary/aromatic N) is 2. The van der Waals surface area contributed by atoms with Gasteiger partial charge in [-0.3, -0.25) is 4.79 Å². The number of imide groups is 1. The fourth-order valence-corrected chi connectivity index (χ4v) is 5.91. The molecule has 0 aliphatic carbocycles. The fourth-order valence-electron chi connectivity index (χ4n) is 5.91. The number of hydrogen-bond acceptors (Lipinski definition) is 6. The van der Waals surface area contributed by atoms with E-state index in [1.54, 1.807) is 0 Å². The van der Waals surface area contributed by atoms with Crippen molar-refractivity contribution in [2.24, 2.45) is 5.92 Å². The van der Waals surface area contributed by atoms with E-state index >= 15 is 0 Å².